The maximum atomic E-state index is 11.6. The molecule has 0 aromatic carbocycles. The molecule has 1 unspecified atom stereocenters. The molecule has 3 heteroatoms. The fraction of sp³-hybridized carbons (Fsp3) is 0.467. The average molecular weight is 244 g/mol. The number of carbonyl (C=O) groups excluding carboxylic acids is 1. The van der Waals surface area contributed by atoms with Crippen molar-refractivity contribution in [3.63, 3.8) is 0 Å². The van der Waals surface area contributed by atoms with Gasteiger partial charge in [-0.1, -0.05) is 31.9 Å². The van der Waals surface area contributed by atoms with E-state index in [2.05, 4.69) is 16.9 Å². The van der Waals surface area contributed by atoms with Gasteiger partial charge in [0, 0.05) is 12.4 Å². The van der Waals surface area contributed by atoms with Crippen LogP contribution < -0.4 is 5.32 Å². The second-order valence-electron chi connectivity index (χ2n) is 4.87. The Morgan fingerprint density at radius 1 is 1.44 bits per heavy atom. The maximum Gasteiger partial charge on any atom is 0.243 e. The minimum Gasteiger partial charge on any atom is -0.345 e. The molecular formula is C15H20N2O. The van der Waals surface area contributed by atoms with Gasteiger partial charge in [0.15, 0.2) is 0 Å². The zero-order valence-corrected chi connectivity index (χ0v) is 10.6. The van der Waals surface area contributed by atoms with Crippen molar-refractivity contribution in [3.05, 3.63) is 42.7 Å². The van der Waals surface area contributed by atoms with Gasteiger partial charge < -0.3 is 5.32 Å². The van der Waals surface area contributed by atoms with Gasteiger partial charge in [-0.2, -0.15) is 0 Å². The quantitative estimate of drug-likeness (QED) is 0.827. The zero-order valence-electron chi connectivity index (χ0n) is 10.6. The van der Waals surface area contributed by atoms with Crippen LogP contribution in [0.3, 0.4) is 0 Å². The number of hydrogen-bond donors (Lipinski definition) is 1. The van der Waals surface area contributed by atoms with Gasteiger partial charge in [-0.25, -0.2) is 0 Å². The SMILES string of the molecule is C=CC(=O)NC(c1cccnc1)C1CCCCC1. The summed E-state index contributed by atoms with van der Waals surface area (Å²) in [4.78, 5) is 15.7. The zero-order chi connectivity index (χ0) is 12.8. The molecule has 0 radical (unpaired) electrons. The molecule has 2 rings (SSSR count). The van der Waals surface area contributed by atoms with Crippen molar-refractivity contribution in [1.82, 2.24) is 10.3 Å². The Morgan fingerprint density at radius 2 is 2.22 bits per heavy atom. The standard InChI is InChI=1S/C15H20N2O/c1-2-14(18)17-15(12-7-4-3-5-8-12)13-9-6-10-16-11-13/h2,6,9-12,15H,1,3-5,7-8H2,(H,17,18). The molecule has 1 fully saturated rings. The lowest BCUT2D eigenvalue weighted by Gasteiger charge is -2.30. The van der Waals surface area contributed by atoms with E-state index in [1.165, 1.54) is 38.2 Å². The summed E-state index contributed by atoms with van der Waals surface area (Å²) in [6.07, 6.45) is 11.1. The van der Waals surface area contributed by atoms with Crippen LogP contribution in [0.5, 0.6) is 0 Å². The molecule has 1 N–H and O–H groups in total. The molecule has 0 aliphatic heterocycles. The Hall–Kier alpha value is -1.64. The summed E-state index contributed by atoms with van der Waals surface area (Å²) in [5, 5.41) is 3.06. The first-order valence-corrected chi connectivity index (χ1v) is 6.64. The van der Waals surface area contributed by atoms with Crippen molar-refractivity contribution in [2.45, 2.75) is 38.1 Å². The number of amides is 1. The molecule has 1 aromatic rings. The highest BCUT2D eigenvalue weighted by Crippen LogP contribution is 2.34. The molecule has 1 aliphatic carbocycles. The smallest absolute Gasteiger partial charge is 0.243 e. The highest BCUT2D eigenvalue weighted by molar-refractivity contribution is 5.87. The van der Waals surface area contributed by atoms with Crippen molar-refractivity contribution >= 4 is 5.91 Å². The summed E-state index contributed by atoms with van der Waals surface area (Å²) in [7, 11) is 0. The average Bonchev–Trinajstić information content (AvgIpc) is 2.46. The molecule has 3 nitrogen and oxygen atoms in total. The number of pyridine rings is 1. The third-order valence-corrected chi connectivity index (χ3v) is 3.65. The van der Waals surface area contributed by atoms with E-state index in [1.807, 2.05) is 18.3 Å². The van der Waals surface area contributed by atoms with Crippen molar-refractivity contribution < 1.29 is 4.79 Å². The van der Waals surface area contributed by atoms with Gasteiger partial charge in [-0.3, -0.25) is 9.78 Å². The van der Waals surface area contributed by atoms with Gasteiger partial charge in [-0.15, -0.1) is 0 Å². The molecule has 1 atom stereocenters. The van der Waals surface area contributed by atoms with E-state index in [0.29, 0.717) is 5.92 Å². The Balaban J connectivity index is 2.16. The Kier molecular flexibility index (Phi) is 4.51. The molecule has 96 valence electrons. The second-order valence-corrected chi connectivity index (χ2v) is 4.87. The third-order valence-electron chi connectivity index (χ3n) is 3.65. The maximum absolute atomic E-state index is 11.6. The lowest BCUT2D eigenvalue weighted by Crippen LogP contribution is -2.33. The number of nitrogens with zero attached hydrogens (tertiary/aromatic N) is 1. The van der Waals surface area contributed by atoms with Crippen LogP contribution >= 0.6 is 0 Å². The Labute approximate surface area is 108 Å². The first-order chi connectivity index (χ1) is 8.81. The van der Waals surface area contributed by atoms with E-state index in [4.69, 9.17) is 0 Å². The van der Waals surface area contributed by atoms with Crippen LogP contribution in [-0.4, -0.2) is 10.9 Å². The lowest BCUT2D eigenvalue weighted by atomic mass is 9.81. The molecular weight excluding hydrogens is 224 g/mol. The summed E-state index contributed by atoms with van der Waals surface area (Å²) < 4.78 is 0. The first kappa shape index (κ1) is 12.8. The van der Waals surface area contributed by atoms with Crippen molar-refractivity contribution in [2.24, 2.45) is 5.92 Å². The number of aromatic nitrogens is 1. The second kappa shape index (κ2) is 6.34. The predicted octanol–water partition coefficient (Wildman–Crippen LogP) is 3.01. The predicted molar refractivity (Wildman–Crippen MR) is 71.9 cm³/mol. The number of nitrogens with one attached hydrogen (secondary N) is 1. The first-order valence-electron chi connectivity index (χ1n) is 6.64. The van der Waals surface area contributed by atoms with Crippen molar-refractivity contribution in [3.8, 4) is 0 Å². The van der Waals surface area contributed by atoms with E-state index in [0.717, 1.165) is 5.56 Å². The molecule has 1 saturated carbocycles. The minimum absolute atomic E-state index is 0.0736. The fourth-order valence-corrected chi connectivity index (χ4v) is 2.71. The number of rotatable bonds is 4. The summed E-state index contributed by atoms with van der Waals surface area (Å²) in [6, 6.07) is 4.03. The van der Waals surface area contributed by atoms with Gasteiger partial charge in [0.05, 0.1) is 6.04 Å². The van der Waals surface area contributed by atoms with E-state index in [9.17, 15) is 4.79 Å². The normalized spacial score (nSPS) is 18.0. The van der Waals surface area contributed by atoms with Gasteiger partial charge in [0.1, 0.15) is 0 Å². The minimum atomic E-state index is -0.102. The van der Waals surface area contributed by atoms with Gasteiger partial charge in [0.2, 0.25) is 5.91 Å². The number of carbonyl (C=O) groups is 1. The van der Waals surface area contributed by atoms with E-state index in [-0.39, 0.29) is 11.9 Å². The summed E-state index contributed by atoms with van der Waals surface area (Å²) in [6.45, 7) is 3.52. The van der Waals surface area contributed by atoms with Crippen LogP contribution in [0.15, 0.2) is 37.2 Å². The van der Waals surface area contributed by atoms with E-state index < -0.39 is 0 Å². The highest BCUT2D eigenvalue weighted by Gasteiger charge is 2.25. The molecule has 0 saturated heterocycles. The third kappa shape index (κ3) is 3.19. The molecule has 0 bridgehead atoms. The van der Waals surface area contributed by atoms with Crippen LogP contribution in [0.25, 0.3) is 0 Å². The number of hydrogen-bond acceptors (Lipinski definition) is 2. The van der Waals surface area contributed by atoms with Crippen molar-refractivity contribution in [2.75, 3.05) is 0 Å². The van der Waals surface area contributed by atoms with Gasteiger partial charge in [-0.05, 0) is 36.5 Å². The molecule has 0 spiro atoms. The van der Waals surface area contributed by atoms with Crippen LogP contribution in [0.4, 0.5) is 0 Å². The summed E-state index contributed by atoms with van der Waals surface area (Å²) >= 11 is 0. The van der Waals surface area contributed by atoms with Gasteiger partial charge >= 0.3 is 0 Å². The topological polar surface area (TPSA) is 42.0 Å². The van der Waals surface area contributed by atoms with Crippen LogP contribution in [0, 0.1) is 5.92 Å². The summed E-state index contributed by atoms with van der Waals surface area (Å²) in [5.41, 5.74) is 1.10. The molecule has 1 heterocycles. The molecule has 1 amide bonds. The van der Waals surface area contributed by atoms with Crippen LogP contribution in [0.2, 0.25) is 0 Å². The largest absolute Gasteiger partial charge is 0.345 e. The molecule has 18 heavy (non-hydrogen) atoms. The lowest BCUT2D eigenvalue weighted by molar-refractivity contribution is -0.117. The Bertz CT molecular complexity index is 396. The van der Waals surface area contributed by atoms with Crippen molar-refractivity contribution in [1.29, 1.82) is 0 Å². The molecule has 1 aromatic heterocycles. The van der Waals surface area contributed by atoms with Crippen LogP contribution in [-0.2, 0) is 4.79 Å². The van der Waals surface area contributed by atoms with E-state index >= 15 is 0 Å². The molecule has 1 aliphatic rings. The summed E-state index contributed by atoms with van der Waals surface area (Å²) in [5.74, 6) is 0.418. The van der Waals surface area contributed by atoms with Gasteiger partial charge in [0.25, 0.3) is 0 Å². The monoisotopic (exact) mass is 244 g/mol. The van der Waals surface area contributed by atoms with Crippen LogP contribution in [0.1, 0.15) is 43.7 Å². The highest BCUT2D eigenvalue weighted by atomic mass is 16.1. The van der Waals surface area contributed by atoms with E-state index in [1.54, 1.807) is 6.20 Å². The Morgan fingerprint density at radius 3 is 2.83 bits per heavy atom. The fourth-order valence-electron chi connectivity index (χ4n) is 2.71.